The monoisotopic (exact) mass is 434 g/mol. The van der Waals surface area contributed by atoms with Gasteiger partial charge in [-0.3, -0.25) is 4.90 Å². The molecule has 1 aromatic heterocycles. The molecule has 168 valence electrons. The Hall–Kier alpha value is -3.12. The summed E-state index contributed by atoms with van der Waals surface area (Å²) < 4.78 is 17.5. The predicted molar refractivity (Wildman–Crippen MR) is 124 cm³/mol. The lowest BCUT2D eigenvalue weighted by atomic mass is 10.0. The molecule has 1 aliphatic rings. The number of hydrogen-bond acceptors (Lipinski definition) is 5. The lowest BCUT2D eigenvalue weighted by Crippen LogP contribution is -2.50. The standard InChI is InChI=1S/C26H30N2O4/c1-25(2,3)32-24(29)28-20(17-30-26(28,4)5)16-18-10-13-21(14-11-18)31-23-15-12-19-8-6-7-9-22(19)27-23/h6-15,20H,16-17H2,1-5H3/t20-/m0/s1. The maximum absolute atomic E-state index is 12.8. The van der Waals surface area contributed by atoms with Crippen LogP contribution in [0.15, 0.2) is 60.7 Å². The fourth-order valence-electron chi connectivity index (χ4n) is 3.90. The van der Waals surface area contributed by atoms with Crippen LogP contribution in [0.5, 0.6) is 11.6 Å². The Balaban J connectivity index is 1.44. The Bertz CT molecular complexity index is 1100. The molecule has 0 aliphatic carbocycles. The summed E-state index contributed by atoms with van der Waals surface area (Å²) in [6.07, 6.45) is 0.310. The van der Waals surface area contributed by atoms with Crippen molar-refractivity contribution in [3.63, 3.8) is 0 Å². The molecule has 1 amide bonds. The van der Waals surface area contributed by atoms with E-state index in [2.05, 4.69) is 4.98 Å². The Morgan fingerprint density at radius 1 is 1.09 bits per heavy atom. The quantitative estimate of drug-likeness (QED) is 0.508. The molecule has 4 rings (SSSR count). The van der Waals surface area contributed by atoms with Crippen LogP contribution in [0.1, 0.15) is 40.2 Å². The zero-order valence-electron chi connectivity index (χ0n) is 19.3. The highest BCUT2D eigenvalue weighted by molar-refractivity contribution is 5.78. The predicted octanol–water partition coefficient (Wildman–Crippen LogP) is 5.94. The number of benzene rings is 2. The molecule has 32 heavy (non-hydrogen) atoms. The number of amides is 1. The van der Waals surface area contributed by atoms with E-state index in [9.17, 15) is 4.79 Å². The molecule has 0 bridgehead atoms. The lowest BCUT2D eigenvalue weighted by molar-refractivity contribution is -0.0624. The van der Waals surface area contributed by atoms with Gasteiger partial charge in [-0.1, -0.05) is 30.3 Å². The van der Waals surface area contributed by atoms with E-state index in [1.54, 1.807) is 4.90 Å². The zero-order valence-corrected chi connectivity index (χ0v) is 19.3. The van der Waals surface area contributed by atoms with Gasteiger partial charge >= 0.3 is 6.09 Å². The summed E-state index contributed by atoms with van der Waals surface area (Å²) in [6, 6.07) is 19.6. The normalized spacial score (nSPS) is 18.0. The van der Waals surface area contributed by atoms with Crippen LogP contribution in [0, 0.1) is 0 Å². The lowest BCUT2D eigenvalue weighted by Gasteiger charge is -2.35. The largest absolute Gasteiger partial charge is 0.444 e. The molecule has 1 saturated heterocycles. The van der Waals surface area contributed by atoms with Gasteiger partial charge in [-0.25, -0.2) is 9.78 Å². The first-order chi connectivity index (χ1) is 15.1. The molecule has 1 aliphatic heterocycles. The summed E-state index contributed by atoms with van der Waals surface area (Å²) >= 11 is 0. The van der Waals surface area contributed by atoms with Crippen molar-refractivity contribution in [2.75, 3.05) is 6.61 Å². The van der Waals surface area contributed by atoms with Gasteiger partial charge in [0.2, 0.25) is 5.88 Å². The van der Waals surface area contributed by atoms with E-state index < -0.39 is 11.3 Å². The van der Waals surface area contributed by atoms with E-state index in [4.69, 9.17) is 14.2 Å². The van der Waals surface area contributed by atoms with E-state index in [0.29, 0.717) is 24.7 Å². The number of para-hydroxylation sites is 1. The number of pyridine rings is 1. The number of fused-ring (bicyclic) bond motifs is 1. The molecule has 6 nitrogen and oxygen atoms in total. The van der Waals surface area contributed by atoms with Gasteiger partial charge in [0.25, 0.3) is 0 Å². The zero-order chi connectivity index (χ0) is 22.9. The summed E-state index contributed by atoms with van der Waals surface area (Å²) in [4.78, 5) is 19.1. The third-order valence-electron chi connectivity index (χ3n) is 5.35. The van der Waals surface area contributed by atoms with Crippen LogP contribution >= 0.6 is 0 Å². The second-order valence-electron chi connectivity index (χ2n) is 9.55. The summed E-state index contributed by atoms with van der Waals surface area (Å²) in [7, 11) is 0. The number of rotatable bonds is 4. The number of carbonyl (C=O) groups is 1. The number of aromatic nitrogens is 1. The summed E-state index contributed by atoms with van der Waals surface area (Å²) in [5, 5.41) is 1.08. The van der Waals surface area contributed by atoms with Crippen molar-refractivity contribution in [1.82, 2.24) is 9.88 Å². The van der Waals surface area contributed by atoms with Crippen LogP contribution in [0.3, 0.4) is 0 Å². The second-order valence-corrected chi connectivity index (χ2v) is 9.55. The van der Waals surface area contributed by atoms with Crippen LogP contribution in [-0.4, -0.2) is 40.0 Å². The summed E-state index contributed by atoms with van der Waals surface area (Å²) in [6.45, 7) is 9.85. The number of hydrogen-bond donors (Lipinski definition) is 0. The minimum Gasteiger partial charge on any atom is -0.444 e. The van der Waals surface area contributed by atoms with Crippen molar-refractivity contribution in [3.8, 4) is 11.6 Å². The van der Waals surface area contributed by atoms with Crippen LogP contribution < -0.4 is 4.74 Å². The molecule has 1 atom stereocenters. The van der Waals surface area contributed by atoms with Crippen molar-refractivity contribution in [2.45, 2.75) is 58.4 Å². The number of ether oxygens (including phenoxy) is 3. The molecular formula is C26H30N2O4. The van der Waals surface area contributed by atoms with Gasteiger partial charge < -0.3 is 14.2 Å². The molecule has 0 spiro atoms. The maximum Gasteiger partial charge on any atom is 0.412 e. The first kappa shape index (κ1) is 22.1. The van der Waals surface area contributed by atoms with Gasteiger partial charge in [0, 0.05) is 11.5 Å². The molecule has 0 radical (unpaired) electrons. The Kier molecular flexibility index (Phi) is 5.82. The number of carbonyl (C=O) groups excluding carboxylic acids is 1. The van der Waals surface area contributed by atoms with Gasteiger partial charge in [0.05, 0.1) is 18.2 Å². The van der Waals surface area contributed by atoms with Gasteiger partial charge in [-0.05, 0) is 70.9 Å². The van der Waals surface area contributed by atoms with Crippen LogP contribution in [0.2, 0.25) is 0 Å². The topological polar surface area (TPSA) is 60.9 Å². The van der Waals surface area contributed by atoms with Crippen molar-refractivity contribution >= 4 is 17.0 Å². The highest BCUT2D eigenvalue weighted by Gasteiger charge is 2.45. The fraction of sp³-hybridized carbons (Fsp3) is 0.385. The molecule has 6 heteroatoms. The smallest absolute Gasteiger partial charge is 0.412 e. The Morgan fingerprint density at radius 3 is 2.53 bits per heavy atom. The molecule has 0 unspecified atom stereocenters. The summed E-state index contributed by atoms with van der Waals surface area (Å²) in [5.74, 6) is 1.27. The van der Waals surface area contributed by atoms with Crippen LogP contribution in [0.25, 0.3) is 10.9 Å². The minimum atomic E-state index is -0.711. The molecule has 0 saturated carbocycles. The molecule has 3 aromatic rings. The van der Waals surface area contributed by atoms with Gasteiger partial charge in [0.1, 0.15) is 17.1 Å². The van der Waals surface area contributed by atoms with Gasteiger partial charge in [0.15, 0.2) is 0 Å². The molecular weight excluding hydrogens is 404 g/mol. The van der Waals surface area contributed by atoms with E-state index in [1.165, 1.54) is 0 Å². The second kappa shape index (κ2) is 8.43. The Labute approximate surface area is 189 Å². The first-order valence-corrected chi connectivity index (χ1v) is 10.9. The van der Waals surface area contributed by atoms with Gasteiger partial charge in [-0.15, -0.1) is 0 Å². The molecule has 0 N–H and O–H groups in total. The third-order valence-corrected chi connectivity index (χ3v) is 5.35. The summed E-state index contributed by atoms with van der Waals surface area (Å²) in [5.41, 5.74) is 0.713. The molecule has 2 heterocycles. The molecule has 2 aromatic carbocycles. The van der Waals surface area contributed by atoms with E-state index >= 15 is 0 Å². The van der Waals surface area contributed by atoms with Gasteiger partial charge in [-0.2, -0.15) is 0 Å². The van der Waals surface area contributed by atoms with Crippen molar-refractivity contribution < 1.29 is 19.0 Å². The SMILES string of the molecule is CC(C)(C)OC(=O)N1[C@@H](Cc2ccc(Oc3ccc4ccccc4n3)cc2)COC1(C)C. The van der Waals surface area contributed by atoms with Crippen molar-refractivity contribution in [1.29, 1.82) is 0 Å². The molecule has 1 fully saturated rings. The van der Waals surface area contributed by atoms with Crippen molar-refractivity contribution in [3.05, 3.63) is 66.2 Å². The fourth-order valence-corrected chi connectivity index (χ4v) is 3.90. The van der Waals surface area contributed by atoms with Crippen LogP contribution in [0.4, 0.5) is 4.79 Å². The van der Waals surface area contributed by atoms with E-state index in [0.717, 1.165) is 16.5 Å². The van der Waals surface area contributed by atoms with E-state index in [-0.39, 0.29) is 12.1 Å². The average molecular weight is 435 g/mol. The minimum absolute atomic E-state index is 0.103. The highest BCUT2D eigenvalue weighted by Crippen LogP contribution is 2.31. The maximum atomic E-state index is 12.8. The third kappa shape index (κ3) is 5.02. The van der Waals surface area contributed by atoms with Crippen LogP contribution in [-0.2, 0) is 15.9 Å². The Morgan fingerprint density at radius 2 is 1.81 bits per heavy atom. The first-order valence-electron chi connectivity index (χ1n) is 10.9. The van der Waals surface area contributed by atoms with E-state index in [1.807, 2.05) is 95.3 Å². The van der Waals surface area contributed by atoms with Crippen molar-refractivity contribution in [2.24, 2.45) is 0 Å². The number of nitrogens with zero attached hydrogens (tertiary/aromatic N) is 2. The average Bonchev–Trinajstić information content (AvgIpc) is 3.02. The highest BCUT2D eigenvalue weighted by atomic mass is 16.6.